The number of aryl methyl sites for hydroxylation is 1. The highest BCUT2D eigenvalue weighted by atomic mass is 16.5. The van der Waals surface area contributed by atoms with E-state index in [9.17, 15) is 0 Å². The van der Waals surface area contributed by atoms with Gasteiger partial charge in [0.15, 0.2) is 0 Å². The Morgan fingerprint density at radius 2 is 2.24 bits per heavy atom. The SMILES string of the molecule is CNC(C)c1cccc(Oc2ncn(C)n2)c1. The lowest BCUT2D eigenvalue weighted by atomic mass is 10.1. The van der Waals surface area contributed by atoms with E-state index in [-0.39, 0.29) is 6.04 Å². The van der Waals surface area contributed by atoms with Crippen LogP contribution in [-0.2, 0) is 7.05 Å². The normalized spacial score (nSPS) is 12.4. The highest BCUT2D eigenvalue weighted by Gasteiger charge is 2.06. The van der Waals surface area contributed by atoms with Crippen LogP contribution in [0.4, 0.5) is 0 Å². The third-order valence-corrected chi connectivity index (χ3v) is 2.58. The van der Waals surface area contributed by atoms with Gasteiger partial charge >= 0.3 is 6.01 Å². The van der Waals surface area contributed by atoms with Crippen molar-refractivity contribution in [3.63, 3.8) is 0 Å². The van der Waals surface area contributed by atoms with E-state index in [1.165, 1.54) is 5.56 Å². The lowest BCUT2D eigenvalue weighted by Gasteiger charge is -2.11. The number of aromatic nitrogens is 3. The van der Waals surface area contributed by atoms with Crippen LogP contribution in [0.15, 0.2) is 30.6 Å². The first-order valence-corrected chi connectivity index (χ1v) is 5.50. The topological polar surface area (TPSA) is 52.0 Å². The van der Waals surface area contributed by atoms with Crippen LogP contribution in [-0.4, -0.2) is 21.8 Å². The standard InChI is InChI=1S/C12H16N4O/c1-9(13-2)10-5-4-6-11(7-10)17-12-14-8-16(3)15-12/h4-9,13H,1-3H3. The predicted molar refractivity (Wildman–Crippen MR) is 65.0 cm³/mol. The van der Waals surface area contributed by atoms with E-state index in [0.29, 0.717) is 6.01 Å². The maximum absolute atomic E-state index is 5.56. The lowest BCUT2D eigenvalue weighted by molar-refractivity contribution is 0.437. The summed E-state index contributed by atoms with van der Waals surface area (Å²) < 4.78 is 7.17. The van der Waals surface area contributed by atoms with Crippen LogP contribution in [0.1, 0.15) is 18.5 Å². The maximum atomic E-state index is 5.56. The van der Waals surface area contributed by atoms with Gasteiger partial charge in [-0.25, -0.2) is 0 Å². The molecule has 0 radical (unpaired) electrons. The Kier molecular flexibility index (Phi) is 3.39. The molecule has 2 aromatic rings. The smallest absolute Gasteiger partial charge is 0.340 e. The van der Waals surface area contributed by atoms with E-state index in [4.69, 9.17) is 4.74 Å². The summed E-state index contributed by atoms with van der Waals surface area (Å²) in [5, 5.41) is 7.25. The van der Waals surface area contributed by atoms with Gasteiger partial charge in [0, 0.05) is 13.1 Å². The van der Waals surface area contributed by atoms with Gasteiger partial charge < -0.3 is 10.1 Å². The summed E-state index contributed by atoms with van der Waals surface area (Å²) in [7, 11) is 3.73. The Morgan fingerprint density at radius 3 is 2.88 bits per heavy atom. The summed E-state index contributed by atoms with van der Waals surface area (Å²) in [6.45, 7) is 2.10. The predicted octanol–water partition coefficient (Wildman–Crippen LogP) is 1.89. The molecule has 1 atom stereocenters. The molecule has 2 rings (SSSR count). The van der Waals surface area contributed by atoms with Crippen LogP contribution < -0.4 is 10.1 Å². The molecule has 0 aliphatic heterocycles. The second-order valence-corrected chi connectivity index (χ2v) is 3.89. The quantitative estimate of drug-likeness (QED) is 0.874. The summed E-state index contributed by atoms with van der Waals surface area (Å²) in [6, 6.07) is 8.54. The number of hydrogen-bond donors (Lipinski definition) is 1. The molecule has 0 fully saturated rings. The van der Waals surface area contributed by atoms with Gasteiger partial charge in [0.25, 0.3) is 0 Å². The minimum Gasteiger partial charge on any atom is -0.423 e. The number of nitrogens with one attached hydrogen (secondary N) is 1. The molecule has 1 aromatic heterocycles. The van der Waals surface area contributed by atoms with Crippen molar-refractivity contribution in [1.29, 1.82) is 0 Å². The third-order valence-electron chi connectivity index (χ3n) is 2.58. The molecule has 90 valence electrons. The van der Waals surface area contributed by atoms with Gasteiger partial charge in [-0.15, -0.1) is 5.10 Å². The van der Waals surface area contributed by atoms with E-state index in [0.717, 1.165) is 5.75 Å². The average Bonchev–Trinajstić information content (AvgIpc) is 2.74. The van der Waals surface area contributed by atoms with E-state index in [2.05, 4.69) is 28.4 Å². The Labute approximate surface area is 100 Å². The van der Waals surface area contributed by atoms with Crippen LogP contribution in [0.3, 0.4) is 0 Å². The molecule has 0 amide bonds. The second-order valence-electron chi connectivity index (χ2n) is 3.89. The van der Waals surface area contributed by atoms with Crippen LogP contribution in [0.2, 0.25) is 0 Å². The number of ether oxygens (including phenoxy) is 1. The van der Waals surface area contributed by atoms with Gasteiger partial charge in [-0.05, 0) is 31.7 Å². The molecule has 17 heavy (non-hydrogen) atoms. The van der Waals surface area contributed by atoms with Crippen molar-refractivity contribution in [2.45, 2.75) is 13.0 Å². The van der Waals surface area contributed by atoms with Crippen LogP contribution >= 0.6 is 0 Å². The summed E-state index contributed by atoms with van der Waals surface area (Å²) in [5.41, 5.74) is 1.17. The Balaban J connectivity index is 2.16. The number of hydrogen-bond acceptors (Lipinski definition) is 4. The van der Waals surface area contributed by atoms with Crippen molar-refractivity contribution >= 4 is 0 Å². The molecule has 1 aromatic carbocycles. The molecule has 0 spiro atoms. The summed E-state index contributed by atoms with van der Waals surface area (Å²) in [6.07, 6.45) is 1.61. The van der Waals surface area contributed by atoms with E-state index in [1.54, 1.807) is 18.1 Å². The summed E-state index contributed by atoms with van der Waals surface area (Å²) in [5.74, 6) is 0.746. The van der Waals surface area contributed by atoms with Crippen molar-refractivity contribution in [2.75, 3.05) is 7.05 Å². The zero-order valence-electron chi connectivity index (χ0n) is 10.2. The fourth-order valence-electron chi connectivity index (χ4n) is 1.49. The van der Waals surface area contributed by atoms with E-state index < -0.39 is 0 Å². The average molecular weight is 232 g/mol. The number of rotatable bonds is 4. The zero-order chi connectivity index (χ0) is 12.3. The molecule has 5 heteroatoms. The Hall–Kier alpha value is -1.88. The molecule has 0 bridgehead atoms. The van der Waals surface area contributed by atoms with Gasteiger partial charge in [0.2, 0.25) is 0 Å². The Morgan fingerprint density at radius 1 is 1.41 bits per heavy atom. The van der Waals surface area contributed by atoms with Crippen LogP contribution in [0.5, 0.6) is 11.8 Å². The van der Waals surface area contributed by atoms with Crippen LogP contribution in [0, 0.1) is 0 Å². The van der Waals surface area contributed by atoms with Gasteiger partial charge in [0.05, 0.1) is 0 Å². The molecular weight excluding hydrogens is 216 g/mol. The zero-order valence-corrected chi connectivity index (χ0v) is 10.2. The molecule has 0 saturated heterocycles. The summed E-state index contributed by atoms with van der Waals surface area (Å²) >= 11 is 0. The first-order valence-electron chi connectivity index (χ1n) is 5.50. The molecule has 1 heterocycles. The van der Waals surface area contributed by atoms with Crippen LogP contribution in [0.25, 0.3) is 0 Å². The molecule has 0 saturated carbocycles. The lowest BCUT2D eigenvalue weighted by Crippen LogP contribution is -2.12. The van der Waals surface area contributed by atoms with Crippen molar-refractivity contribution in [3.05, 3.63) is 36.2 Å². The van der Waals surface area contributed by atoms with Crippen molar-refractivity contribution in [3.8, 4) is 11.8 Å². The van der Waals surface area contributed by atoms with Gasteiger partial charge in [-0.3, -0.25) is 4.68 Å². The minimum absolute atomic E-state index is 0.287. The van der Waals surface area contributed by atoms with Crippen molar-refractivity contribution in [2.24, 2.45) is 7.05 Å². The first-order chi connectivity index (χ1) is 8.19. The molecule has 5 nitrogen and oxygen atoms in total. The van der Waals surface area contributed by atoms with Gasteiger partial charge in [-0.2, -0.15) is 4.98 Å². The fraction of sp³-hybridized carbons (Fsp3) is 0.333. The fourth-order valence-corrected chi connectivity index (χ4v) is 1.49. The maximum Gasteiger partial charge on any atom is 0.340 e. The molecular formula is C12H16N4O. The number of nitrogens with zero attached hydrogens (tertiary/aromatic N) is 3. The molecule has 1 N–H and O–H groups in total. The Bertz CT molecular complexity index is 495. The largest absolute Gasteiger partial charge is 0.423 e. The van der Waals surface area contributed by atoms with Gasteiger partial charge in [-0.1, -0.05) is 12.1 Å². The monoisotopic (exact) mass is 232 g/mol. The second kappa shape index (κ2) is 4.97. The third kappa shape index (κ3) is 2.82. The molecule has 0 aliphatic carbocycles. The van der Waals surface area contributed by atoms with E-state index in [1.807, 2.05) is 25.2 Å². The van der Waals surface area contributed by atoms with Crippen molar-refractivity contribution in [1.82, 2.24) is 20.1 Å². The molecule has 0 aliphatic rings. The highest BCUT2D eigenvalue weighted by Crippen LogP contribution is 2.21. The minimum atomic E-state index is 0.287. The number of benzene rings is 1. The summed E-state index contributed by atoms with van der Waals surface area (Å²) in [4.78, 5) is 4.02. The first kappa shape index (κ1) is 11.6. The van der Waals surface area contributed by atoms with Crippen molar-refractivity contribution < 1.29 is 4.74 Å². The molecule has 1 unspecified atom stereocenters. The van der Waals surface area contributed by atoms with Gasteiger partial charge in [0.1, 0.15) is 12.1 Å². The van der Waals surface area contributed by atoms with E-state index >= 15 is 0 Å². The highest BCUT2D eigenvalue weighted by molar-refractivity contribution is 5.31.